The lowest BCUT2D eigenvalue weighted by Gasteiger charge is -2.26. The Labute approximate surface area is 117 Å². The van der Waals surface area contributed by atoms with E-state index >= 15 is 0 Å². The number of ether oxygens (including phenoxy) is 1. The summed E-state index contributed by atoms with van der Waals surface area (Å²) in [7, 11) is 0. The molecule has 0 saturated heterocycles. The van der Waals surface area contributed by atoms with Gasteiger partial charge in [-0.3, -0.25) is 9.69 Å². The summed E-state index contributed by atoms with van der Waals surface area (Å²) in [6.07, 6.45) is -0.718. The largest absolute Gasteiger partial charge is 0.480 e. The van der Waals surface area contributed by atoms with Crippen molar-refractivity contribution in [3.8, 4) is 0 Å². The van der Waals surface area contributed by atoms with Gasteiger partial charge < -0.3 is 9.84 Å². The molecule has 0 aliphatic rings. The summed E-state index contributed by atoms with van der Waals surface area (Å²) >= 11 is 0. The zero-order valence-electron chi connectivity index (χ0n) is 11.7. The summed E-state index contributed by atoms with van der Waals surface area (Å²) in [5.74, 6) is -1.53. The molecular weight excluding hydrogens is 265 g/mol. The summed E-state index contributed by atoms with van der Waals surface area (Å²) < 4.78 is 18.0. The molecule has 110 valence electrons. The Morgan fingerprint density at radius 1 is 1.25 bits per heavy atom. The van der Waals surface area contributed by atoms with Gasteiger partial charge in [-0.05, 0) is 38.5 Å². The second kappa shape index (κ2) is 6.36. The van der Waals surface area contributed by atoms with Crippen molar-refractivity contribution in [1.29, 1.82) is 0 Å². The SMILES string of the molecule is CC(C)(C)OC(=O)N(CC(=O)O)Cc1ccc(F)cc1. The van der Waals surface area contributed by atoms with Crippen LogP contribution in [0.2, 0.25) is 0 Å². The summed E-state index contributed by atoms with van der Waals surface area (Å²) in [6.45, 7) is 4.65. The maximum absolute atomic E-state index is 12.8. The number of rotatable bonds is 4. The van der Waals surface area contributed by atoms with Crippen LogP contribution in [0, 0.1) is 5.82 Å². The number of halogens is 1. The van der Waals surface area contributed by atoms with E-state index in [2.05, 4.69) is 0 Å². The summed E-state index contributed by atoms with van der Waals surface area (Å²) in [6, 6.07) is 5.50. The Balaban J connectivity index is 2.81. The lowest BCUT2D eigenvalue weighted by atomic mass is 10.2. The standard InChI is InChI=1S/C14H18FNO4/c1-14(2,3)20-13(19)16(9-12(17)18)8-10-4-6-11(15)7-5-10/h4-7H,8-9H2,1-3H3,(H,17,18). The van der Waals surface area contributed by atoms with Crippen molar-refractivity contribution in [2.75, 3.05) is 6.54 Å². The molecule has 0 aliphatic heterocycles. The van der Waals surface area contributed by atoms with E-state index < -0.39 is 30.0 Å². The smallest absolute Gasteiger partial charge is 0.411 e. The van der Waals surface area contributed by atoms with E-state index in [9.17, 15) is 14.0 Å². The lowest BCUT2D eigenvalue weighted by Crippen LogP contribution is -2.39. The molecule has 5 nitrogen and oxygen atoms in total. The number of carboxylic acids is 1. The third-order valence-corrected chi connectivity index (χ3v) is 2.26. The van der Waals surface area contributed by atoms with Crippen LogP contribution in [0.15, 0.2) is 24.3 Å². The van der Waals surface area contributed by atoms with Crippen LogP contribution in [0.4, 0.5) is 9.18 Å². The fourth-order valence-corrected chi connectivity index (χ4v) is 1.48. The molecule has 0 saturated carbocycles. The van der Waals surface area contributed by atoms with Crippen molar-refractivity contribution < 1.29 is 23.8 Å². The van der Waals surface area contributed by atoms with Gasteiger partial charge in [-0.15, -0.1) is 0 Å². The third kappa shape index (κ3) is 5.69. The van der Waals surface area contributed by atoms with Gasteiger partial charge in [0, 0.05) is 6.54 Å². The molecule has 0 aliphatic carbocycles. The van der Waals surface area contributed by atoms with Gasteiger partial charge in [0.25, 0.3) is 0 Å². The molecule has 0 heterocycles. The summed E-state index contributed by atoms with van der Waals surface area (Å²) in [5.41, 5.74) is -0.0881. The monoisotopic (exact) mass is 283 g/mol. The van der Waals surface area contributed by atoms with Gasteiger partial charge in [-0.25, -0.2) is 9.18 Å². The van der Waals surface area contributed by atoms with Crippen LogP contribution < -0.4 is 0 Å². The van der Waals surface area contributed by atoms with E-state index in [-0.39, 0.29) is 6.54 Å². The van der Waals surface area contributed by atoms with Gasteiger partial charge in [-0.2, -0.15) is 0 Å². The molecule has 20 heavy (non-hydrogen) atoms. The van der Waals surface area contributed by atoms with Crippen molar-refractivity contribution in [3.05, 3.63) is 35.6 Å². The zero-order chi connectivity index (χ0) is 15.3. The minimum Gasteiger partial charge on any atom is -0.480 e. The van der Waals surface area contributed by atoms with Crippen LogP contribution in [0.5, 0.6) is 0 Å². The number of hydrogen-bond acceptors (Lipinski definition) is 3. The molecular formula is C14H18FNO4. The van der Waals surface area contributed by atoms with Crippen LogP contribution in [-0.2, 0) is 16.1 Å². The highest BCUT2D eigenvalue weighted by Crippen LogP contribution is 2.13. The molecule has 0 radical (unpaired) electrons. The highest BCUT2D eigenvalue weighted by Gasteiger charge is 2.23. The topological polar surface area (TPSA) is 66.8 Å². The number of carboxylic acid groups (broad SMARTS) is 1. The van der Waals surface area contributed by atoms with Gasteiger partial charge in [-0.1, -0.05) is 12.1 Å². The quantitative estimate of drug-likeness (QED) is 0.922. The number of nitrogens with zero attached hydrogens (tertiary/aromatic N) is 1. The number of amides is 1. The molecule has 1 aromatic carbocycles. The predicted molar refractivity (Wildman–Crippen MR) is 70.7 cm³/mol. The Hall–Kier alpha value is -2.11. The molecule has 0 unspecified atom stereocenters. The van der Waals surface area contributed by atoms with Crippen LogP contribution in [0.25, 0.3) is 0 Å². The van der Waals surface area contributed by atoms with Crippen molar-refractivity contribution in [1.82, 2.24) is 4.90 Å². The highest BCUT2D eigenvalue weighted by atomic mass is 19.1. The molecule has 0 bridgehead atoms. The average molecular weight is 283 g/mol. The average Bonchev–Trinajstić information content (AvgIpc) is 2.28. The Morgan fingerprint density at radius 2 is 1.80 bits per heavy atom. The van der Waals surface area contributed by atoms with Gasteiger partial charge in [0.05, 0.1) is 0 Å². The molecule has 1 rings (SSSR count). The molecule has 0 fully saturated rings. The lowest BCUT2D eigenvalue weighted by molar-refractivity contribution is -0.138. The van der Waals surface area contributed by atoms with Crippen LogP contribution in [0.3, 0.4) is 0 Å². The molecule has 1 amide bonds. The van der Waals surface area contributed by atoms with E-state index in [0.717, 1.165) is 4.90 Å². The predicted octanol–water partition coefficient (Wildman–Crippen LogP) is 2.65. The van der Waals surface area contributed by atoms with Crippen LogP contribution in [-0.4, -0.2) is 34.2 Å². The van der Waals surface area contributed by atoms with Gasteiger partial charge in [0.2, 0.25) is 0 Å². The number of carbonyl (C=O) groups excluding carboxylic acids is 1. The number of carbonyl (C=O) groups is 2. The maximum atomic E-state index is 12.8. The van der Waals surface area contributed by atoms with E-state index in [1.54, 1.807) is 20.8 Å². The molecule has 1 N–H and O–H groups in total. The minimum absolute atomic E-state index is 0.0431. The molecule has 6 heteroatoms. The maximum Gasteiger partial charge on any atom is 0.411 e. The molecule has 0 aromatic heterocycles. The first-order chi connectivity index (χ1) is 9.17. The second-order valence-corrected chi connectivity index (χ2v) is 5.36. The Morgan fingerprint density at radius 3 is 2.25 bits per heavy atom. The van der Waals surface area contributed by atoms with E-state index in [1.807, 2.05) is 0 Å². The second-order valence-electron chi connectivity index (χ2n) is 5.36. The van der Waals surface area contributed by atoms with Crippen LogP contribution in [0.1, 0.15) is 26.3 Å². The van der Waals surface area contributed by atoms with Gasteiger partial charge in [0.1, 0.15) is 18.0 Å². The van der Waals surface area contributed by atoms with Crippen LogP contribution >= 0.6 is 0 Å². The Bertz CT molecular complexity index is 479. The van der Waals surface area contributed by atoms with Crippen molar-refractivity contribution in [3.63, 3.8) is 0 Å². The van der Waals surface area contributed by atoms with Crippen molar-refractivity contribution >= 4 is 12.1 Å². The number of benzene rings is 1. The van der Waals surface area contributed by atoms with Gasteiger partial charge in [0.15, 0.2) is 0 Å². The number of hydrogen-bond donors (Lipinski definition) is 1. The molecule has 1 aromatic rings. The summed E-state index contributed by atoms with van der Waals surface area (Å²) in [5, 5.41) is 8.84. The molecule has 0 atom stereocenters. The van der Waals surface area contributed by atoms with Crippen molar-refractivity contribution in [2.24, 2.45) is 0 Å². The van der Waals surface area contributed by atoms with E-state index in [0.29, 0.717) is 5.56 Å². The summed E-state index contributed by atoms with van der Waals surface area (Å²) in [4.78, 5) is 23.8. The van der Waals surface area contributed by atoms with Gasteiger partial charge >= 0.3 is 12.1 Å². The highest BCUT2D eigenvalue weighted by molar-refractivity contribution is 5.76. The van der Waals surface area contributed by atoms with Crippen molar-refractivity contribution in [2.45, 2.75) is 32.9 Å². The van der Waals surface area contributed by atoms with E-state index in [4.69, 9.17) is 9.84 Å². The third-order valence-electron chi connectivity index (χ3n) is 2.26. The minimum atomic E-state index is -1.14. The number of aliphatic carboxylic acids is 1. The normalized spacial score (nSPS) is 11.0. The first-order valence-electron chi connectivity index (χ1n) is 6.11. The first kappa shape index (κ1) is 15.9. The Kier molecular flexibility index (Phi) is 5.07. The fraction of sp³-hybridized carbons (Fsp3) is 0.429. The first-order valence-corrected chi connectivity index (χ1v) is 6.11. The zero-order valence-corrected chi connectivity index (χ0v) is 11.7. The molecule has 0 spiro atoms. The fourth-order valence-electron chi connectivity index (χ4n) is 1.48. The van der Waals surface area contributed by atoms with E-state index in [1.165, 1.54) is 24.3 Å².